The predicted octanol–water partition coefficient (Wildman–Crippen LogP) is 3.28. The zero-order chi connectivity index (χ0) is 9.98. The van der Waals surface area contributed by atoms with Crippen molar-refractivity contribution in [1.29, 1.82) is 0 Å². The first-order valence-electron chi connectivity index (χ1n) is 4.18. The maximum Gasteiger partial charge on any atom is 0.0555 e. The van der Waals surface area contributed by atoms with E-state index >= 15 is 0 Å². The van der Waals surface area contributed by atoms with Crippen LogP contribution in [-0.4, -0.2) is 11.4 Å². The second-order valence-electron chi connectivity index (χ2n) is 1.86. The van der Waals surface area contributed by atoms with Gasteiger partial charge in [-0.05, 0) is 20.0 Å². The molecule has 0 radical (unpaired) electrons. The molecule has 2 nitrogen and oxygen atoms in total. The predicted molar refractivity (Wildman–Crippen MR) is 64.8 cm³/mol. The van der Waals surface area contributed by atoms with E-state index < -0.39 is 0 Å². The lowest BCUT2D eigenvalue weighted by Gasteiger charge is -2.17. The number of nitrogens with one attached hydrogen (secondary N) is 1. The lowest BCUT2D eigenvalue weighted by atomic mass is 10.4. The minimum absolute atomic E-state index is 0.962. The van der Waals surface area contributed by atoms with E-state index in [4.69, 9.17) is 0 Å². The fourth-order valence-electron chi connectivity index (χ4n) is 0.684. The Kier molecular flexibility index (Phi) is 12.9. The van der Waals surface area contributed by atoms with E-state index in [1.54, 1.807) is 0 Å². The van der Waals surface area contributed by atoms with Gasteiger partial charge in [-0.3, -0.25) is 0 Å². The van der Waals surface area contributed by atoms with Gasteiger partial charge in [-0.2, -0.15) is 0 Å². The maximum atomic E-state index is 3.69. The highest BCUT2D eigenvalue weighted by Crippen LogP contribution is 2.01. The monoisotopic (exact) mass is 282 g/mol. The SMILES string of the molecule is C=CN(CC)/C(C)=C/NI.CC. The summed E-state index contributed by atoms with van der Waals surface area (Å²) in [4.78, 5) is 2.06. The highest BCUT2D eigenvalue weighted by molar-refractivity contribution is 14.1. The molecule has 12 heavy (non-hydrogen) atoms. The Morgan fingerprint density at radius 1 is 1.58 bits per heavy atom. The van der Waals surface area contributed by atoms with Gasteiger partial charge >= 0.3 is 0 Å². The van der Waals surface area contributed by atoms with Crippen molar-refractivity contribution in [3.05, 3.63) is 24.7 Å². The number of hydrogen-bond acceptors (Lipinski definition) is 2. The van der Waals surface area contributed by atoms with Crippen LogP contribution in [-0.2, 0) is 0 Å². The Morgan fingerprint density at radius 3 is 2.33 bits per heavy atom. The van der Waals surface area contributed by atoms with E-state index in [1.165, 1.54) is 5.70 Å². The Balaban J connectivity index is 0. The van der Waals surface area contributed by atoms with Crippen molar-refractivity contribution >= 4 is 22.9 Å². The molecule has 0 aliphatic carbocycles. The molecule has 0 heterocycles. The third-order valence-corrected chi connectivity index (χ3v) is 1.59. The van der Waals surface area contributed by atoms with Gasteiger partial charge in [-0.1, -0.05) is 20.4 Å². The Labute approximate surface area is 90.2 Å². The van der Waals surface area contributed by atoms with Crippen molar-refractivity contribution in [2.24, 2.45) is 0 Å². The first-order chi connectivity index (χ1) is 5.76. The molecule has 0 amide bonds. The molecule has 0 aromatic heterocycles. The standard InChI is InChI=1S/C7H13IN2.C2H6/c1-4-10(5-2)7(3)6-9-8;1-2/h4,6,9H,1,5H2,2-3H3;1-2H3/b7-6+;. The van der Waals surface area contributed by atoms with Crippen molar-refractivity contribution in [1.82, 2.24) is 8.43 Å². The highest BCUT2D eigenvalue weighted by Gasteiger charge is 1.94. The molecule has 0 unspecified atom stereocenters. The number of hydrogen-bond donors (Lipinski definition) is 1. The van der Waals surface area contributed by atoms with E-state index in [0.29, 0.717) is 0 Å². The molecule has 0 aromatic rings. The molecule has 0 aliphatic rings. The van der Waals surface area contributed by atoms with Crippen LogP contribution in [0.25, 0.3) is 0 Å². The minimum atomic E-state index is 0.962. The zero-order valence-corrected chi connectivity index (χ0v) is 10.6. The van der Waals surface area contributed by atoms with Gasteiger partial charge < -0.3 is 8.43 Å². The molecule has 0 aliphatic heterocycles. The first kappa shape index (κ1) is 14.3. The van der Waals surface area contributed by atoms with Crippen LogP contribution in [0.5, 0.6) is 0 Å². The summed E-state index contributed by atoms with van der Waals surface area (Å²) >= 11 is 2.08. The largest absolute Gasteiger partial charge is 0.351 e. The second kappa shape index (κ2) is 10.8. The van der Waals surface area contributed by atoms with Crippen molar-refractivity contribution in [3.63, 3.8) is 0 Å². The Morgan fingerprint density at radius 2 is 2.08 bits per heavy atom. The third-order valence-electron chi connectivity index (χ3n) is 1.28. The summed E-state index contributed by atoms with van der Waals surface area (Å²) in [7, 11) is 0. The van der Waals surface area contributed by atoms with E-state index in [1.807, 2.05) is 33.2 Å². The van der Waals surface area contributed by atoms with Crippen LogP contribution in [0.2, 0.25) is 0 Å². The van der Waals surface area contributed by atoms with Gasteiger partial charge in [-0.15, -0.1) is 0 Å². The van der Waals surface area contributed by atoms with Gasteiger partial charge in [0.1, 0.15) is 0 Å². The molecule has 0 saturated heterocycles. The fourth-order valence-corrected chi connectivity index (χ4v) is 1.14. The molecule has 0 fully saturated rings. The average molecular weight is 282 g/mol. The van der Waals surface area contributed by atoms with Gasteiger partial charge in [0.2, 0.25) is 0 Å². The van der Waals surface area contributed by atoms with E-state index in [9.17, 15) is 0 Å². The number of allylic oxidation sites excluding steroid dienone is 1. The lowest BCUT2D eigenvalue weighted by molar-refractivity contribution is 0.492. The fraction of sp³-hybridized carbons (Fsp3) is 0.556. The quantitative estimate of drug-likeness (QED) is 0.629. The Bertz CT molecular complexity index is 132. The molecule has 0 atom stereocenters. The van der Waals surface area contributed by atoms with Crippen LogP contribution >= 0.6 is 22.9 Å². The summed E-state index contributed by atoms with van der Waals surface area (Å²) in [5, 5.41) is 0. The van der Waals surface area contributed by atoms with Crippen molar-refractivity contribution in [2.75, 3.05) is 6.54 Å². The van der Waals surface area contributed by atoms with E-state index in [2.05, 4.69) is 44.8 Å². The summed E-state index contributed by atoms with van der Waals surface area (Å²) < 4.78 is 2.94. The second-order valence-corrected chi connectivity index (χ2v) is 2.49. The van der Waals surface area contributed by atoms with E-state index in [-0.39, 0.29) is 0 Å². The van der Waals surface area contributed by atoms with Crippen LogP contribution in [0.1, 0.15) is 27.7 Å². The van der Waals surface area contributed by atoms with Gasteiger partial charge in [0.05, 0.1) is 22.9 Å². The molecule has 1 N–H and O–H groups in total. The zero-order valence-electron chi connectivity index (χ0n) is 8.39. The molecule has 72 valence electrons. The number of halogens is 1. The summed E-state index contributed by atoms with van der Waals surface area (Å²) in [6, 6.07) is 0. The average Bonchev–Trinajstić information content (AvgIpc) is 2.11. The molecule has 0 aromatic carbocycles. The first-order valence-corrected chi connectivity index (χ1v) is 5.26. The van der Waals surface area contributed by atoms with Crippen molar-refractivity contribution < 1.29 is 0 Å². The molecule has 0 rings (SSSR count). The molecule has 0 spiro atoms. The minimum Gasteiger partial charge on any atom is -0.351 e. The van der Waals surface area contributed by atoms with Crippen molar-refractivity contribution in [3.8, 4) is 0 Å². The van der Waals surface area contributed by atoms with Gasteiger partial charge in [-0.25, -0.2) is 0 Å². The van der Waals surface area contributed by atoms with Crippen molar-refractivity contribution in [2.45, 2.75) is 27.7 Å². The summed E-state index contributed by atoms with van der Waals surface area (Å²) in [5.41, 5.74) is 1.17. The Hall–Kier alpha value is -0.190. The van der Waals surface area contributed by atoms with Crippen LogP contribution < -0.4 is 3.53 Å². The maximum absolute atomic E-state index is 3.69. The van der Waals surface area contributed by atoms with Gasteiger partial charge in [0, 0.05) is 18.4 Å². The van der Waals surface area contributed by atoms with Crippen LogP contribution in [0.3, 0.4) is 0 Å². The molecular weight excluding hydrogens is 263 g/mol. The molecule has 0 bridgehead atoms. The van der Waals surface area contributed by atoms with Crippen LogP contribution in [0.15, 0.2) is 24.7 Å². The molecule has 3 heteroatoms. The van der Waals surface area contributed by atoms with Gasteiger partial charge in [0.25, 0.3) is 0 Å². The smallest absolute Gasteiger partial charge is 0.0555 e. The number of nitrogens with zero attached hydrogens (tertiary/aromatic N) is 1. The summed E-state index contributed by atoms with van der Waals surface area (Å²) in [6.45, 7) is 12.8. The highest BCUT2D eigenvalue weighted by atomic mass is 127. The third kappa shape index (κ3) is 6.52. The topological polar surface area (TPSA) is 15.3 Å². The summed E-state index contributed by atoms with van der Waals surface area (Å²) in [5.74, 6) is 0. The molecule has 0 saturated carbocycles. The lowest BCUT2D eigenvalue weighted by Crippen LogP contribution is -2.14. The van der Waals surface area contributed by atoms with Crippen LogP contribution in [0.4, 0.5) is 0 Å². The van der Waals surface area contributed by atoms with Gasteiger partial charge in [0.15, 0.2) is 0 Å². The summed E-state index contributed by atoms with van der Waals surface area (Å²) in [6.07, 6.45) is 3.76. The number of rotatable bonds is 4. The van der Waals surface area contributed by atoms with E-state index in [0.717, 1.165) is 6.54 Å². The van der Waals surface area contributed by atoms with Crippen LogP contribution in [0, 0.1) is 0 Å². The normalized spacial score (nSPS) is 9.58. The molecular formula is C9H19IN2.